The van der Waals surface area contributed by atoms with Crippen molar-refractivity contribution in [3.8, 4) is 5.75 Å². The van der Waals surface area contributed by atoms with Crippen molar-refractivity contribution in [1.29, 1.82) is 0 Å². The van der Waals surface area contributed by atoms with Crippen molar-refractivity contribution in [3.63, 3.8) is 0 Å². The molecule has 1 saturated carbocycles. The molecule has 4 heteroatoms. The zero-order chi connectivity index (χ0) is 12.3. The summed E-state index contributed by atoms with van der Waals surface area (Å²) >= 11 is 0. The van der Waals surface area contributed by atoms with Crippen LogP contribution in [0.5, 0.6) is 5.75 Å². The predicted octanol–water partition coefficient (Wildman–Crippen LogP) is 3.00. The zero-order valence-electron chi connectivity index (χ0n) is 9.66. The second kappa shape index (κ2) is 5.45. The minimum Gasteiger partial charge on any atom is -0.486 e. The fourth-order valence-corrected chi connectivity index (χ4v) is 2.18. The van der Waals surface area contributed by atoms with E-state index in [1.165, 1.54) is 12.1 Å². The fourth-order valence-electron chi connectivity index (χ4n) is 2.18. The summed E-state index contributed by atoms with van der Waals surface area (Å²) in [4.78, 5) is 0. The van der Waals surface area contributed by atoms with Crippen molar-refractivity contribution < 1.29 is 13.5 Å². The number of ether oxygens (including phenoxy) is 1. The van der Waals surface area contributed by atoms with Crippen molar-refractivity contribution in [1.82, 2.24) is 0 Å². The van der Waals surface area contributed by atoms with Gasteiger partial charge >= 0.3 is 0 Å². The van der Waals surface area contributed by atoms with Gasteiger partial charge in [0.15, 0.2) is 11.6 Å². The number of benzene rings is 1. The standard InChI is InChI=1S/C13H17F2NO/c14-9-6-7-12(10(15)8-9)17-13-5-3-1-2-4-11(13)16/h6-8,11,13H,1-5,16H2. The second-order valence-electron chi connectivity index (χ2n) is 4.53. The lowest BCUT2D eigenvalue weighted by atomic mass is 10.1. The number of nitrogens with two attached hydrogens (primary N) is 1. The number of hydrogen-bond donors (Lipinski definition) is 1. The highest BCUT2D eigenvalue weighted by Gasteiger charge is 2.23. The zero-order valence-corrected chi connectivity index (χ0v) is 9.66. The molecule has 0 aliphatic heterocycles. The van der Waals surface area contributed by atoms with Crippen LogP contribution in [0, 0.1) is 11.6 Å². The minimum atomic E-state index is -0.665. The van der Waals surface area contributed by atoms with Gasteiger partial charge in [0.25, 0.3) is 0 Å². The van der Waals surface area contributed by atoms with E-state index in [9.17, 15) is 8.78 Å². The first-order chi connectivity index (χ1) is 8.16. The van der Waals surface area contributed by atoms with Crippen LogP contribution in [0.1, 0.15) is 32.1 Å². The third-order valence-electron chi connectivity index (χ3n) is 3.18. The third kappa shape index (κ3) is 3.16. The molecule has 0 saturated heterocycles. The number of rotatable bonds is 2. The van der Waals surface area contributed by atoms with Crippen molar-refractivity contribution in [2.45, 2.75) is 44.2 Å². The molecule has 1 aliphatic carbocycles. The van der Waals surface area contributed by atoms with Crippen LogP contribution < -0.4 is 10.5 Å². The molecule has 0 amide bonds. The van der Waals surface area contributed by atoms with Gasteiger partial charge in [0, 0.05) is 12.1 Å². The lowest BCUT2D eigenvalue weighted by molar-refractivity contribution is 0.156. The average molecular weight is 241 g/mol. The van der Waals surface area contributed by atoms with Gasteiger partial charge in [0.1, 0.15) is 11.9 Å². The molecule has 2 nitrogen and oxygen atoms in total. The van der Waals surface area contributed by atoms with Gasteiger partial charge in [-0.25, -0.2) is 8.78 Å². The number of hydrogen-bond acceptors (Lipinski definition) is 2. The summed E-state index contributed by atoms with van der Waals surface area (Å²) in [5, 5.41) is 0. The van der Waals surface area contributed by atoms with Crippen molar-refractivity contribution in [2.24, 2.45) is 5.73 Å². The Morgan fingerprint density at radius 1 is 1.12 bits per heavy atom. The van der Waals surface area contributed by atoms with E-state index in [-0.39, 0.29) is 17.9 Å². The highest BCUT2D eigenvalue weighted by atomic mass is 19.1. The lowest BCUT2D eigenvalue weighted by Gasteiger charge is -2.23. The maximum Gasteiger partial charge on any atom is 0.167 e. The van der Waals surface area contributed by atoms with Gasteiger partial charge in [-0.2, -0.15) is 0 Å². The van der Waals surface area contributed by atoms with Crippen molar-refractivity contribution in [2.75, 3.05) is 0 Å². The fraction of sp³-hybridized carbons (Fsp3) is 0.538. The van der Waals surface area contributed by atoms with Gasteiger partial charge in [-0.05, 0) is 31.4 Å². The second-order valence-corrected chi connectivity index (χ2v) is 4.53. The van der Waals surface area contributed by atoms with Crippen LogP contribution in [0.2, 0.25) is 0 Å². The smallest absolute Gasteiger partial charge is 0.167 e. The minimum absolute atomic E-state index is 0.0676. The molecule has 1 aromatic rings. The van der Waals surface area contributed by atoms with Gasteiger partial charge in [-0.3, -0.25) is 0 Å². The molecule has 0 heterocycles. The van der Waals surface area contributed by atoms with E-state index in [2.05, 4.69) is 0 Å². The van der Waals surface area contributed by atoms with Crippen LogP contribution in [0.15, 0.2) is 18.2 Å². The normalized spacial score (nSPS) is 25.4. The number of halogens is 2. The topological polar surface area (TPSA) is 35.2 Å². The van der Waals surface area contributed by atoms with E-state index in [0.29, 0.717) is 0 Å². The van der Waals surface area contributed by atoms with E-state index in [1.807, 2.05) is 0 Å². The van der Waals surface area contributed by atoms with Crippen LogP contribution in [0.4, 0.5) is 8.78 Å². The van der Waals surface area contributed by atoms with Crippen LogP contribution >= 0.6 is 0 Å². The van der Waals surface area contributed by atoms with Crippen molar-refractivity contribution in [3.05, 3.63) is 29.8 Å². The van der Waals surface area contributed by atoms with E-state index in [1.54, 1.807) is 0 Å². The van der Waals surface area contributed by atoms with Gasteiger partial charge in [-0.15, -0.1) is 0 Å². The molecule has 17 heavy (non-hydrogen) atoms. The Bertz CT molecular complexity index is 384. The molecule has 1 aliphatic rings. The molecule has 1 aromatic carbocycles. The summed E-state index contributed by atoms with van der Waals surface area (Å²) in [7, 11) is 0. The largest absolute Gasteiger partial charge is 0.486 e. The van der Waals surface area contributed by atoms with E-state index >= 15 is 0 Å². The van der Waals surface area contributed by atoms with Gasteiger partial charge < -0.3 is 10.5 Å². The molecular formula is C13H17F2NO. The molecule has 0 radical (unpaired) electrons. The molecule has 0 aromatic heterocycles. The lowest BCUT2D eigenvalue weighted by Crippen LogP contribution is -2.38. The van der Waals surface area contributed by atoms with Crippen LogP contribution in [0.25, 0.3) is 0 Å². The molecular weight excluding hydrogens is 224 g/mol. The summed E-state index contributed by atoms with van der Waals surface area (Å²) in [6.45, 7) is 0. The van der Waals surface area contributed by atoms with E-state index in [0.717, 1.165) is 38.2 Å². The summed E-state index contributed by atoms with van der Waals surface area (Å²) in [6.07, 6.45) is 4.83. The molecule has 1 fully saturated rings. The summed E-state index contributed by atoms with van der Waals surface area (Å²) in [5.74, 6) is -1.17. The van der Waals surface area contributed by atoms with Crippen LogP contribution in [0.3, 0.4) is 0 Å². The molecule has 2 unspecified atom stereocenters. The van der Waals surface area contributed by atoms with Gasteiger partial charge in [0.05, 0.1) is 0 Å². The van der Waals surface area contributed by atoms with Gasteiger partial charge in [0.2, 0.25) is 0 Å². The molecule has 0 spiro atoms. The first-order valence-electron chi connectivity index (χ1n) is 6.04. The molecule has 2 rings (SSSR count). The first kappa shape index (κ1) is 12.3. The Hall–Kier alpha value is -1.16. The van der Waals surface area contributed by atoms with E-state index in [4.69, 9.17) is 10.5 Å². The summed E-state index contributed by atoms with van der Waals surface area (Å²) in [5.41, 5.74) is 5.99. The Balaban J connectivity index is 2.08. The Morgan fingerprint density at radius 2 is 1.88 bits per heavy atom. The summed E-state index contributed by atoms with van der Waals surface area (Å²) in [6, 6.07) is 3.28. The van der Waals surface area contributed by atoms with Crippen molar-refractivity contribution >= 4 is 0 Å². The Labute approximate surface area is 99.8 Å². The van der Waals surface area contributed by atoms with Gasteiger partial charge in [-0.1, -0.05) is 12.8 Å². The van der Waals surface area contributed by atoms with Crippen LogP contribution in [-0.2, 0) is 0 Å². The predicted molar refractivity (Wildman–Crippen MR) is 61.8 cm³/mol. The van der Waals surface area contributed by atoms with Crippen LogP contribution in [-0.4, -0.2) is 12.1 Å². The first-order valence-corrected chi connectivity index (χ1v) is 6.04. The monoisotopic (exact) mass is 241 g/mol. The molecule has 0 bridgehead atoms. The maximum absolute atomic E-state index is 13.4. The Morgan fingerprint density at radius 3 is 2.65 bits per heavy atom. The van der Waals surface area contributed by atoms with E-state index < -0.39 is 11.6 Å². The molecule has 94 valence electrons. The summed E-state index contributed by atoms with van der Waals surface area (Å²) < 4.78 is 31.7. The molecule has 2 N–H and O–H groups in total. The highest BCUT2D eigenvalue weighted by Crippen LogP contribution is 2.24. The average Bonchev–Trinajstić information content (AvgIpc) is 2.48. The SMILES string of the molecule is NC1CCCCCC1Oc1ccc(F)cc1F. The molecule has 2 atom stereocenters. The maximum atomic E-state index is 13.4. The quantitative estimate of drug-likeness (QED) is 0.808. The Kier molecular flexibility index (Phi) is 3.94. The highest BCUT2D eigenvalue weighted by molar-refractivity contribution is 5.25. The third-order valence-corrected chi connectivity index (χ3v) is 3.18.